The van der Waals surface area contributed by atoms with Crippen molar-refractivity contribution in [3.8, 4) is 0 Å². The van der Waals surface area contributed by atoms with Gasteiger partial charge in [0.05, 0.1) is 12.3 Å². The summed E-state index contributed by atoms with van der Waals surface area (Å²) in [4.78, 5) is 0. The summed E-state index contributed by atoms with van der Waals surface area (Å²) in [6.07, 6.45) is 4.04. The highest BCUT2D eigenvalue weighted by molar-refractivity contribution is 7.88. The van der Waals surface area contributed by atoms with Gasteiger partial charge in [0.15, 0.2) is 0 Å². The standard InChI is InChI=1S/C22H25FN4O2S/c23-21-9-5-4-8-20(21)16-30(28,29)27-12-10-18(11-13-27)14-22-25-24-17-26(22)15-19-6-2-1-3-7-19/h1-9,17-18H,10-16H2. The van der Waals surface area contributed by atoms with Gasteiger partial charge in [0.25, 0.3) is 0 Å². The molecule has 1 saturated heterocycles. The lowest BCUT2D eigenvalue weighted by molar-refractivity contribution is 0.268. The second kappa shape index (κ2) is 9.06. The lowest BCUT2D eigenvalue weighted by Gasteiger charge is -2.31. The summed E-state index contributed by atoms with van der Waals surface area (Å²) >= 11 is 0. The molecule has 1 aliphatic rings. The predicted octanol–water partition coefficient (Wildman–Crippen LogP) is 3.25. The third-order valence-electron chi connectivity index (χ3n) is 5.63. The first-order chi connectivity index (χ1) is 14.5. The molecule has 1 aromatic heterocycles. The minimum absolute atomic E-state index is 0.216. The monoisotopic (exact) mass is 428 g/mol. The Morgan fingerprint density at radius 3 is 2.43 bits per heavy atom. The summed E-state index contributed by atoms with van der Waals surface area (Å²) in [5.41, 5.74) is 1.40. The Kier molecular flexibility index (Phi) is 6.24. The van der Waals surface area contributed by atoms with Gasteiger partial charge in [-0.2, -0.15) is 0 Å². The maximum absolute atomic E-state index is 13.9. The topological polar surface area (TPSA) is 68.1 Å². The number of sulfonamides is 1. The van der Waals surface area contributed by atoms with Crippen LogP contribution in [-0.4, -0.2) is 40.6 Å². The van der Waals surface area contributed by atoms with Crippen LogP contribution in [0.5, 0.6) is 0 Å². The van der Waals surface area contributed by atoms with Gasteiger partial charge in [-0.05, 0) is 30.4 Å². The first-order valence-electron chi connectivity index (χ1n) is 10.1. The molecule has 0 spiro atoms. The molecule has 0 atom stereocenters. The molecular formula is C22H25FN4O2S. The molecule has 0 saturated carbocycles. The van der Waals surface area contributed by atoms with Crippen molar-refractivity contribution in [3.63, 3.8) is 0 Å². The lowest BCUT2D eigenvalue weighted by Crippen LogP contribution is -2.39. The van der Waals surface area contributed by atoms with Crippen LogP contribution in [0.4, 0.5) is 4.39 Å². The number of benzene rings is 2. The highest BCUT2D eigenvalue weighted by Gasteiger charge is 2.29. The summed E-state index contributed by atoms with van der Waals surface area (Å²) in [7, 11) is -3.53. The van der Waals surface area contributed by atoms with Gasteiger partial charge in [0, 0.05) is 25.1 Å². The minimum atomic E-state index is -3.53. The number of rotatable bonds is 7. The van der Waals surface area contributed by atoms with Gasteiger partial charge in [-0.15, -0.1) is 10.2 Å². The molecule has 158 valence electrons. The van der Waals surface area contributed by atoms with Crippen LogP contribution in [0.25, 0.3) is 0 Å². The van der Waals surface area contributed by atoms with E-state index in [1.165, 1.54) is 22.0 Å². The van der Waals surface area contributed by atoms with Crippen molar-refractivity contribution < 1.29 is 12.8 Å². The average Bonchev–Trinajstić information content (AvgIpc) is 3.17. The van der Waals surface area contributed by atoms with Gasteiger partial charge >= 0.3 is 0 Å². The normalized spacial score (nSPS) is 16.0. The van der Waals surface area contributed by atoms with Crippen LogP contribution in [0.1, 0.15) is 29.8 Å². The van der Waals surface area contributed by atoms with Gasteiger partial charge in [-0.3, -0.25) is 0 Å². The molecule has 6 nitrogen and oxygen atoms in total. The fourth-order valence-electron chi connectivity index (χ4n) is 3.90. The molecule has 8 heteroatoms. The molecule has 2 heterocycles. The van der Waals surface area contributed by atoms with Crippen LogP contribution in [-0.2, 0) is 28.7 Å². The Labute approximate surface area is 176 Å². The van der Waals surface area contributed by atoms with Crippen LogP contribution in [0.15, 0.2) is 60.9 Å². The minimum Gasteiger partial charge on any atom is -0.313 e. The van der Waals surface area contributed by atoms with Crippen molar-refractivity contribution in [2.75, 3.05) is 13.1 Å². The Hall–Kier alpha value is -2.58. The molecule has 0 N–H and O–H groups in total. The van der Waals surface area contributed by atoms with Crippen molar-refractivity contribution in [1.82, 2.24) is 19.1 Å². The molecule has 4 rings (SSSR count). The molecule has 0 unspecified atom stereocenters. The highest BCUT2D eigenvalue weighted by atomic mass is 32.2. The zero-order chi connectivity index (χ0) is 21.0. The molecule has 1 fully saturated rings. The van der Waals surface area contributed by atoms with E-state index in [-0.39, 0.29) is 11.3 Å². The van der Waals surface area contributed by atoms with Crippen molar-refractivity contribution in [3.05, 3.63) is 83.7 Å². The van der Waals surface area contributed by atoms with Crippen molar-refractivity contribution in [1.29, 1.82) is 0 Å². The first-order valence-corrected chi connectivity index (χ1v) is 11.7. The van der Waals surface area contributed by atoms with Gasteiger partial charge < -0.3 is 4.57 Å². The first kappa shape index (κ1) is 20.7. The molecule has 3 aromatic rings. The third-order valence-corrected chi connectivity index (χ3v) is 7.45. The van der Waals surface area contributed by atoms with E-state index in [0.29, 0.717) is 19.0 Å². The molecule has 0 radical (unpaired) electrons. The number of aromatic nitrogens is 3. The Morgan fingerprint density at radius 1 is 1.00 bits per heavy atom. The highest BCUT2D eigenvalue weighted by Crippen LogP contribution is 2.25. The summed E-state index contributed by atoms with van der Waals surface area (Å²) in [5, 5.41) is 8.34. The Morgan fingerprint density at radius 2 is 1.70 bits per heavy atom. The number of hydrogen-bond acceptors (Lipinski definition) is 4. The van der Waals surface area contributed by atoms with E-state index in [0.717, 1.165) is 31.6 Å². The summed E-state index contributed by atoms with van der Waals surface area (Å²) in [5.74, 6) is 0.499. The van der Waals surface area contributed by atoms with Crippen LogP contribution in [0.2, 0.25) is 0 Å². The van der Waals surface area contributed by atoms with E-state index in [9.17, 15) is 12.8 Å². The zero-order valence-corrected chi connectivity index (χ0v) is 17.5. The predicted molar refractivity (Wildman–Crippen MR) is 113 cm³/mol. The molecular weight excluding hydrogens is 403 g/mol. The SMILES string of the molecule is O=S(=O)(Cc1ccccc1F)N1CCC(Cc2nncn2Cc2ccccc2)CC1. The van der Waals surface area contributed by atoms with Crippen LogP contribution in [0.3, 0.4) is 0 Å². The van der Waals surface area contributed by atoms with Crippen molar-refractivity contribution in [2.24, 2.45) is 5.92 Å². The van der Waals surface area contributed by atoms with Crippen molar-refractivity contribution in [2.45, 2.75) is 31.6 Å². The van der Waals surface area contributed by atoms with Gasteiger partial charge in [0.1, 0.15) is 18.0 Å². The molecule has 1 aliphatic heterocycles. The molecule has 0 bridgehead atoms. The second-order valence-electron chi connectivity index (χ2n) is 7.75. The fraction of sp³-hybridized carbons (Fsp3) is 0.364. The molecule has 0 amide bonds. The second-order valence-corrected chi connectivity index (χ2v) is 9.72. The molecule has 0 aliphatic carbocycles. The van der Waals surface area contributed by atoms with Crippen LogP contribution < -0.4 is 0 Å². The van der Waals surface area contributed by atoms with E-state index < -0.39 is 15.8 Å². The number of hydrogen-bond donors (Lipinski definition) is 0. The van der Waals surface area contributed by atoms with E-state index >= 15 is 0 Å². The largest absolute Gasteiger partial charge is 0.313 e. The fourth-order valence-corrected chi connectivity index (χ4v) is 5.48. The maximum Gasteiger partial charge on any atom is 0.218 e. The number of halogens is 1. The lowest BCUT2D eigenvalue weighted by atomic mass is 9.94. The third kappa shape index (κ3) is 4.94. The zero-order valence-electron chi connectivity index (χ0n) is 16.7. The smallest absolute Gasteiger partial charge is 0.218 e. The average molecular weight is 429 g/mol. The quantitative estimate of drug-likeness (QED) is 0.579. The van der Waals surface area contributed by atoms with Gasteiger partial charge in [-0.1, -0.05) is 48.5 Å². The van der Waals surface area contributed by atoms with E-state index in [1.807, 2.05) is 18.2 Å². The molecule has 30 heavy (non-hydrogen) atoms. The van der Waals surface area contributed by atoms with Crippen molar-refractivity contribution >= 4 is 10.0 Å². The Balaban J connectivity index is 1.34. The summed E-state index contributed by atoms with van der Waals surface area (Å²) in [6.45, 7) is 1.63. The molecule has 2 aromatic carbocycles. The van der Waals surface area contributed by atoms with Gasteiger partial charge in [0.2, 0.25) is 10.0 Å². The number of nitrogens with zero attached hydrogens (tertiary/aromatic N) is 4. The van der Waals surface area contributed by atoms with Crippen LogP contribution >= 0.6 is 0 Å². The van der Waals surface area contributed by atoms with E-state index in [4.69, 9.17) is 0 Å². The maximum atomic E-state index is 13.9. The van der Waals surface area contributed by atoms with Gasteiger partial charge in [-0.25, -0.2) is 17.1 Å². The van der Waals surface area contributed by atoms with Crippen LogP contribution in [0, 0.1) is 11.7 Å². The summed E-state index contributed by atoms with van der Waals surface area (Å²) in [6, 6.07) is 16.2. The summed E-state index contributed by atoms with van der Waals surface area (Å²) < 4.78 is 42.8. The van der Waals surface area contributed by atoms with E-state index in [2.05, 4.69) is 26.9 Å². The van der Waals surface area contributed by atoms with E-state index in [1.54, 1.807) is 18.5 Å². The number of piperidine rings is 1. The Bertz CT molecular complexity index is 1080.